The Kier molecular flexibility index (Phi) is 1.27. The molecule has 1 heterocycles. The summed E-state index contributed by atoms with van der Waals surface area (Å²) in [5.74, 6) is 0. The molecule has 0 N–H and O–H groups in total. The van der Waals surface area contributed by atoms with Gasteiger partial charge in [0.2, 0.25) is 0 Å². The van der Waals surface area contributed by atoms with Crippen LogP contribution in [0.2, 0.25) is 0 Å². The summed E-state index contributed by atoms with van der Waals surface area (Å²) in [6.45, 7) is 4.40. The molecule has 0 radical (unpaired) electrons. The second-order valence-corrected chi connectivity index (χ2v) is 3.84. The van der Waals surface area contributed by atoms with Crippen molar-refractivity contribution in [1.29, 1.82) is 0 Å². The molecule has 52 valence electrons. The molecule has 1 unspecified atom stereocenters. The summed E-state index contributed by atoms with van der Waals surface area (Å²) in [6, 6.07) is 0. The maximum absolute atomic E-state index is 2.34. The summed E-state index contributed by atoms with van der Waals surface area (Å²) in [4.78, 5) is 0. The van der Waals surface area contributed by atoms with E-state index in [2.05, 4.69) is 31.4 Å². The maximum Gasteiger partial charge on any atom is 0.0527 e. The van der Waals surface area contributed by atoms with E-state index in [0.717, 1.165) is 0 Å². The highest BCUT2D eigenvalue weighted by Crippen LogP contribution is 2.39. The molecule has 1 atom stereocenters. The van der Waals surface area contributed by atoms with Crippen molar-refractivity contribution in [3.8, 4) is 0 Å². The van der Waals surface area contributed by atoms with E-state index in [-0.39, 0.29) is 0 Å². The lowest BCUT2D eigenvalue weighted by Gasteiger charge is -1.98. The fourth-order valence-corrected chi connectivity index (χ4v) is 2.49. The SMILES string of the molecule is CC1=CC2SC=CC2=C1C. The molecular formula is C9H10S. The minimum atomic E-state index is 0.653. The zero-order chi connectivity index (χ0) is 7.14. The van der Waals surface area contributed by atoms with E-state index < -0.39 is 0 Å². The van der Waals surface area contributed by atoms with Crippen LogP contribution in [-0.4, -0.2) is 5.25 Å². The van der Waals surface area contributed by atoms with E-state index in [9.17, 15) is 0 Å². The van der Waals surface area contributed by atoms with Crippen LogP contribution in [-0.2, 0) is 0 Å². The molecule has 0 saturated heterocycles. The molecule has 10 heavy (non-hydrogen) atoms. The molecule has 1 aliphatic carbocycles. The van der Waals surface area contributed by atoms with Gasteiger partial charge in [0.15, 0.2) is 0 Å². The first-order valence-corrected chi connectivity index (χ1v) is 4.45. The van der Waals surface area contributed by atoms with Gasteiger partial charge in [0.25, 0.3) is 0 Å². The molecule has 2 aliphatic rings. The lowest BCUT2D eigenvalue weighted by Crippen LogP contribution is -1.90. The fourth-order valence-electron chi connectivity index (χ4n) is 1.41. The predicted molar refractivity (Wildman–Crippen MR) is 47.0 cm³/mol. The van der Waals surface area contributed by atoms with Crippen molar-refractivity contribution in [3.05, 3.63) is 34.3 Å². The third-order valence-electron chi connectivity index (χ3n) is 2.21. The van der Waals surface area contributed by atoms with Gasteiger partial charge in [-0.2, -0.15) is 0 Å². The first-order chi connectivity index (χ1) is 4.79. The summed E-state index contributed by atoms with van der Waals surface area (Å²) in [5, 5.41) is 2.84. The molecule has 0 aromatic carbocycles. The van der Waals surface area contributed by atoms with Crippen molar-refractivity contribution in [2.45, 2.75) is 19.1 Å². The Morgan fingerprint density at radius 2 is 2.20 bits per heavy atom. The molecule has 0 fully saturated rings. The summed E-state index contributed by atoms with van der Waals surface area (Å²) >= 11 is 1.91. The van der Waals surface area contributed by atoms with Crippen molar-refractivity contribution in [2.24, 2.45) is 0 Å². The van der Waals surface area contributed by atoms with Gasteiger partial charge >= 0.3 is 0 Å². The molecular weight excluding hydrogens is 140 g/mol. The standard InChI is InChI=1S/C9H10S/c1-6-5-9-8(7(6)2)3-4-10-9/h3-5,9H,1-2H3. The van der Waals surface area contributed by atoms with Crippen molar-refractivity contribution in [3.63, 3.8) is 0 Å². The lowest BCUT2D eigenvalue weighted by atomic mass is 10.1. The first-order valence-electron chi connectivity index (χ1n) is 3.50. The maximum atomic E-state index is 2.34. The van der Waals surface area contributed by atoms with Crippen LogP contribution in [0.25, 0.3) is 0 Å². The highest BCUT2D eigenvalue weighted by molar-refractivity contribution is 8.03. The van der Waals surface area contributed by atoms with Crippen LogP contribution in [0, 0.1) is 0 Å². The Labute approximate surface area is 65.7 Å². The Morgan fingerprint density at radius 3 is 2.90 bits per heavy atom. The van der Waals surface area contributed by atoms with Crippen LogP contribution in [0.4, 0.5) is 0 Å². The Morgan fingerprint density at radius 1 is 1.40 bits per heavy atom. The molecule has 0 saturated carbocycles. The molecule has 0 spiro atoms. The van der Waals surface area contributed by atoms with Crippen LogP contribution in [0.15, 0.2) is 34.3 Å². The van der Waals surface area contributed by atoms with Crippen LogP contribution in [0.3, 0.4) is 0 Å². The minimum Gasteiger partial charge on any atom is -0.122 e. The van der Waals surface area contributed by atoms with Gasteiger partial charge in [-0.1, -0.05) is 17.7 Å². The second kappa shape index (κ2) is 2.03. The smallest absolute Gasteiger partial charge is 0.0527 e. The Hall–Kier alpha value is -0.430. The van der Waals surface area contributed by atoms with Gasteiger partial charge in [0.05, 0.1) is 5.25 Å². The highest BCUT2D eigenvalue weighted by Gasteiger charge is 2.22. The van der Waals surface area contributed by atoms with E-state index >= 15 is 0 Å². The molecule has 1 heteroatoms. The van der Waals surface area contributed by atoms with Gasteiger partial charge in [0.1, 0.15) is 0 Å². The topological polar surface area (TPSA) is 0 Å². The van der Waals surface area contributed by atoms with Gasteiger partial charge in [-0.3, -0.25) is 0 Å². The fraction of sp³-hybridized carbons (Fsp3) is 0.333. The molecule has 0 aromatic rings. The average Bonchev–Trinajstić information content (AvgIpc) is 2.41. The van der Waals surface area contributed by atoms with Gasteiger partial charge < -0.3 is 0 Å². The largest absolute Gasteiger partial charge is 0.122 e. The van der Waals surface area contributed by atoms with Gasteiger partial charge in [-0.15, -0.1) is 11.8 Å². The number of thioether (sulfide) groups is 1. The summed E-state index contributed by atoms with van der Waals surface area (Å²) in [5.41, 5.74) is 4.45. The number of allylic oxidation sites excluding steroid dienone is 3. The zero-order valence-electron chi connectivity index (χ0n) is 6.22. The molecule has 0 aromatic heterocycles. The summed E-state index contributed by atoms with van der Waals surface area (Å²) in [6.07, 6.45) is 4.58. The van der Waals surface area contributed by atoms with E-state index in [0.29, 0.717) is 5.25 Å². The predicted octanol–water partition coefficient (Wildman–Crippen LogP) is 2.89. The molecule has 2 rings (SSSR count). The third kappa shape index (κ3) is 0.702. The molecule has 1 aliphatic heterocycles. The highest BCUT2D eigenvalue weighted by atomic mass is 32.2. The monoisotopic (exact) mass is 150 g/mol. The summed E-state index contributed by atoms with van der Waals surface area (Å²) in [7, 11) is 0. The molecule has 0 amide bonds. The van der Waals surface area contributed by atoms with Gasteiger partial charge in [0, 0.05) is 0 Å². The molecule has 0 bridgehead atoms. The van der Waals surface area contributed by atoms with E-state index in [1.807, 2.05) is 11.8 Å². The van der Waals surface area contributed by atoms with E-state index in [1.54, 1.807) is 0 Å². The Balaban J connectivity index is 2.47. The first kappa shape index (κ1) is 6.29. The Bertz CT molecular complexity index is 256. The van der Waals surface area contributed by atoms with Gasteiger partial charge in [-0.25, -0.2) is 0 Å². The van der Waals surface area contributed by atoms with Crippen molar-refractivity contribution in [1.82, 2.24) is 0 Å². The minimum absolute atomic E-state index is 0.653. The van der Waals surface area contributed by atoms with Crippen molar-refractivity contribution < 1.29 is 0 Å². The summed E-state index contributed by atoms with van der Waals surface area (Å²) < 4.78 is 0. The van der Waals surface area contributed by atoms with Gasteiger partial charge in [-0.05, 0) is 30.4 Å². The number of fused-ring (bicyclic) bond motifs is 1. The van der Waals surface area contributed by atoms with Crippen LogP contribution >= 0.6 is 11.8 Å². The average molecular weight is 150 g/mol. The van der Waals surface area contributed by atoms with Crippen LogP contribution in [0.5, 0.6) is 0 Å². The van der Waals surface area contributed by atoms with Crippen molar-refractivity contribution >= 4 is 11.8 Å². The number of rotatable bonds is 0. The number of hydrogen-bond donors (Lipinski definition) is 0. The normalized spacial score (nSPS) is 29.4. The second-order valence-electron chi connectivity index (χ2n) is 2.79. The quantitative estimate of drug-likeness (QED) is 0.511. The third-order valence-corrected chi connectivity index (χ3v) is 3.18. The van der Waals surface area contributed by atoms with Crippen LogP contribution in [0.1, 0.15) is 13.8 Å². The number of hydrogen-bond acceptors (Lipinski definition) is 1. The van der Waals surface area contributed by atoms with E-state index in [1.165, 1.54) is 16.7 Å². The van der Waals surface area contributed by atoms with Crippen LogP contribution < -0.4 is 0 Å². The lowest BCUT2D eigenvalue weighted by molar-refractivity contribution is 1.33. The molecule has 0 nitrogen and oxygen atoms in total. The van der Waals surface area contributed by atoms with Crippen molar-refractivity contribution in [2.75, 3.05) is 0 Å². The zero-order valence-corrected chi connectivity index (χ0v) is 7.03. The van der Waals surface area contributed by atoms with E-state index in [4.69, 9.17) is 0 Å².